The van der Waals surface area contributed by atoms with Crippen LogP contribution in [0.15, 0.2) is 24.3 Å². The molecule has 146 valence electrons. The van der Waals surface area contributed by atoms with E-state index in [1.165, 1.54) is 6.92 Å². The molecule has 8 heteroatoms. The number of aromatic nitrogens is 2. The van der Waals surface area contributed by atoms with Gasteiger partial charge in [0.25, 0.3) is 0 Å². The molecular weight excluding hydrogens is 360 g/mol. The maximum absolute atomic E-state index is 12.4. The molecule has 8 nitrogen and oxygen atoms in total. The van der Waals surface area contributed by atoms with E-state index in [9.17, 15) is 9.59 Å². The number of carbonyl (C=O) groups excluding carboxylic acids is 2. The molecule has 2 N–H and O–H groups in total. The number of anilines is 1. The van der Waals surface area contributed by atoms with E-state index in [0.29, 0.717) is 17.0 Å². The van der Waals surface area contributed by atoms with Crippen LogP contribution in [0.5, 0.6) is 5.88 Å². The van der Waals surface area contributed by atoms with E-state index in [2.05, 4.69) is 26.5 Å². The summed E-state index contributed by atoms with van der Waals surface area (Å²) < 4.78 is 10.8. The van der Waals surface area contributed by atoms with Crippen molar-refractivity contribution in [3.8, 4) is 29.6 Å². The van der Waals surface area contributed by atoms with E-state index in [1.807, 2.05) is 0 Å². The highest BCUT2D eigenvalue weighted by atomic mass is 16.5. The van der Waals surface area contributed by atoms with Gasteiger partial charge in [-0.25, -0.2) is 9.78 Å². The van der Waals surface area contributed by atoms with Gasteiger partial charge in [-0.1, -0.05) is 18.1 Å². The molecule has 0 saturated heterocycles. The zero-order chi connectivity index (χ0) is 20.5. The molecule has 0 radical (unpaired) electrons. The standard InChI is InChI=1S/C20H22N4O4/c1-5-14-8-7-9-15(12-14)17-23-18(21-4)16(20(26)27-6-2)19(24-17)28-11-10-22-13(3)25/h1,7-9,12H,6,10-11H2,2-4H3,(H,22,25)(H,21,23,24). The predicted octanol–water partition coefficient (Wildman–Crippen LogP) is 1.86. The highest BCUT2D eigenvalue weighted by molar-refractivity contribution is 5.97. The number of ether oxygens (including phenoxy) is 2. The van der Waals surface area contributed by atoms with Crippen LogP contribution in [-0.2, 0) is 9.53 Å². The molecule has 0 aliphatic rings. The monoisotopic (exact) mass is 382 g/mol. The van der Waals surface area contributed by atoms with Crippen LogP contribution >= 0.6 is 0 Å². The number of rotatable bonds is 8. The SMILES string of the molecule is C#Cc1cccc(-c2nc(NC)c(C(=O)OCC)c(OCCNC(C)=O)n2)c1. The minimum Gasteiger partial charge on any atom is -0.475 e. The van der Waals surface area contributed by atoms with Crippen molar-refractivity contribution in [3.63, 3.8) is 0 Å². The molecule has 1 amide bonds. The highest BCUT2D eigenvalue weighted by Crippen LogP contribution is 2.28. The largest absolute Gasteiger partial charge is 0.475 e. The van der Waals surface area contributed by atoms with Gasteiger partial charge in [0.2, 0.25) is 11.8 Å². The summed E-state index contributed by atoms with van der Waals surface area (Å²) in [6, 6.07) is 7.16. The fourth-order valence-electron chi connectivity index (χ4n) is 2.36. The number of benzene rings is 1. The van der Waals surface area contributed by atoms with Crippen molar-refractivity contribution in [2.75, 3.05) is 32.1 Å². The lowest BCUT2D eigenvalue weighted by atomic mass is 10.1. The molecule has 1 aromatic carbocycles. The summed E-state index contributed by atoms with van der Waals surface area (Å²) in [6.07, 6.45) is 5.46. The normalized spacial score (nSPS) is 9.93. The number of nitrogens with zero attached hydrogens (tertiary/aromatic N) is 2. The van der Waals surface area contributed by atoms with Crippen LogP contribution < -0.4 is 15.4 Å². The van der Waals surface area contributed by atoms with E-state index >= 15 is 0 Å². The van der Waals surface area contributed by atoms with E-state index in [0.717, 1.165) is 0 Å². The van der Waals surface area contributed by atoms with Crippen LogP contribution in [0.2, 0.25) is 0 Å². The van der Waals surface area contributed by atoms with Gasteiger partial charge in [0, 0.05) is 25.1 Å². The Balaban J connectivity index is 2.47. The van der Waals surface area contributed by atoms with Crippen molar-refractivity contribution in [1.82, 2.24) is 15.3 Å². The van der Waals surface area contributed by atoms with E-state index in [4.69, 9.17) is 15.9 Å². The first kappa shape index (κ1) is 20.7. The summed E-state index contributed by atoms with van der Waals surface area (Å²) in [4.78, 5) is 32.2. The molecule has 0 bridgehead atoms. The molecule has 1 aromatic heterocycles. The minimum atomic E-state index is -0.606. The predicted molar refractivity (Wildman–Crippen MR) is 105 cm³/mol. The maximum atomic E-state index is 12.4. The fraction of sp³-hybridized carbons (Fsp3) is 0.300. The molecule has 2 aromatic rings. The second-order valence-corrected chi connectivity index (χ2v) is 5.60. The van der Waals surface area contributed by atoms with Crippen LogP contribution in [0.25, 0.3) is 11.4 Å². The molecule has 1 heterocycles. The maximum Gasteiger partial charge on any atom is 0.347 e. The Hall–Kier alpha value is -3.60. The molecule has 28 heavy (non-hydrogen) atoms. The van der Waals surface area contributed by atoms with Crippen molar-refractivity contribution < 1.29 is 19.1 Å². The molecule has 0 spiro atoms. The number of amides is 1. The van der Waals surface area contributed by atoms with Gasteiger partial charge in [-0.3, -0.25) is 4.79 Å². The third-order valence-electron chi connectivity index (χ3n) is 3.59. The summed E-state index contributed by atoms with van der Waals surface area (Å²) >= 11 is 0. The molecular formula is C20H22N4O4. The van der Waals surface area contributed by atoms with Gasteiger partial charge in [-0.2, -0.15) is 4.98 Å². The Bertz CT molecular complexity index is 906. The lowest BCUT2D eigenvalue weighted by molar-refractivity contribution is -0.119. The zero-order valence-electron chi connectivity index (χ0n) is 16.0. The second-order valence-electron chi connectivity index (χ2n) is 5.60. The lowest BCUT2D eigenvalue weighted by Gasteiger charge is -2.15. The average Bonchev–Trinajstić information content (AvgIpc) is 2.70. The Morgan fingerprint density at radius 3 is 2.71 bits per heavy atom. The van der Waals surface area contributed by atoms with Crippen molar-refractivity contribution >= 4 is 17.7 Å². The summed E-state index contributed by atoms with van der Waals surface area (Å²) in [6.45, 7) is 3.69. The van der Waals surface area contributed by atoms with E-state index in [-0.39, 0.29) is 42.9 Å². The van der Waals surface area contributed by atoms with Crippen LogP contribution in [0.1, 0.15) is 29.8 Å². The van der Waals surface area contributed by atoms with Crippen molar-refractivity contribution in [3.05, 3.63) is 35.4 Å². The molecule has 0 saturated carbocycles. The fourth-order valence-corrected chi connectivity index (χ4v) is 2.36. The van der Waals surface area contributed by atoms with Crippen molar-refractivity contribution in [1.29, 1.82) is 0 Å². The van der Waals surface area contributed by atoms with E-state index in [1.54, 1.807) is 38.2 Å². The third kappa shape index (κ3) is 5.20. The molecule has 0 fully saturated rings. The Labute approximate surface area is 163 Å². The quantitative estimate of drug-likeness (QED) is 0.408. The van der Waals surface area contributed by atoms with Gasteiger partial charge >= 0.3 is 5.97 Å². The Kier molecular flexibility index (Phi) is 7.34. The number of nitrogens with one attached hydrogen (secondary N) is 2. The average molecular weight is 382 g/mol. The number of hydrogen-bond acceptors (Lipinski definition) is 7. The van der Waals surface area contributed by atoms with Crippen molar-refractivity contribution in [2.24, 2.45) is 0 Å². The second kappa shape index (κ2) is 9.92. The minimum absolute atomic E-state index is 0.0595. The number of carbonyl (C=O) groups is 2. The number of terminal acetylenes is 1. The highest BCUT2D eigenvalue weighted by Gasteiger charge is 2.24. The van der Waals surface area contributed by atoms with Crippen LogP contribution in [0, 0.1) is 12.3 Å². The number of esters is 1. The first-order valence-corrected chi connectivity index (χ1v) is 8.71. The first-order valence-electron chi connectivity index (χ1n) is 8.71. The lowest BCUT2D eigenvalue weighted by Crippen LogP contribution is -2.26. The van der Waals surface area contributed by atoms with Gasteiger partial charge in [0.1, 0.15) is 12.4 Å². The molecule has 2 rings (SSSR count). The zero-order valence-corrected chi connectivity index (χ0v) is 16.0. The van der Waals surface area contributed by atoms with Crippen LogP contribution in [0.3, 0.4) is 0 Å². The number of hydrogen-bond donors (Lipinski definition) is 2. The van der Waals surface area contributed by atoms with Gasteiger partial charge in [0.15, 0.2) is 11.4 Å². The summed E-state index contributed by atoms with van der Waals surface area (Å²) in [7, 11) is 1.63. The topological polar surface area (TPSA) is 102 Å². The Morgan fingerprint density at radius 1 is 1.29 bits per heavy atom. The van der Waals surface area contributed by atoms with Gasteiger partial charge in [0.05, 0.1) is 13.2 Å². The summed E-state index contributed by atoms with van der Waals surface area (Å²) in [5.74, 6) is 2.44. The van der Waals surface area contributed by atoms with Crippen LogP contribution in [-0.4, -0.2) is 48.7 Å². The third-order valence-corrected chi connectivity index (χ3v) is 3.59. The summed E-state index contributed by atoms with van der Waals surface area (Å²) in [5.41, 5.74) is 1.44. The molecule has 0 aliphatic carbocycles. The first-order chi connectivity index (χ1) is 13.5. The Morgan fingerprint density at radius 2 is 2.07 bits per heavy atom. The summed E-state index contributed by atoms with van der Waals surface area (Å²) in [5, 5.41) is 5.50. The van der Waals surface area contributed by atoms with Gasteiger partial charge in [-0.05, 0) is 19.1 Å². The van der Waals surface area contributed by atoms with E-state index < -0.39 is 5.97 Å². The molecule has 0 aliphatic heterocycles. The molecule has 0 atom stereocenters. The smallest absolute Gasteiger partial charge is 0.347 e. The van der Waals surface area contributed by atoms with Gasteiger partial charge < -0.3 is 20.1 Å². The van der Waals surface area contributed by atoms with Crippen LogP contribution in [0.4, 0.5) is 5.82 Å². The van der Waals surface area contributed by atoms with Crippen molar-refractivity contribution in [2.45, 2.75) is 13.8 Å². The van der Waals surface area contributed by atoms with Gasteiger partial charge in [-0.15, -0.1) is 6.42 Å². The molecule has 0 unspecified atom stereocenters.